The molecule has 0 N–H and O–H groups in total. The van der Waals surface area contributed by atoms with Gasteiger partial charge in [-0.25, -0.2) is 15.0 Å². The molecule has 4 heteroatoms. The Kier molecular flexibility index (Phi) is 8.12. The Bertz CT molecular complexity index is 2920. The minimum Gasteiger partial charge on any atom is -0.455 e. The first-order valence-corrected chi connectivity index (χ1v) is 18.4. The molecule has 0 bridgehead atoms. The summed E-state index contributed by atoms with van der Waals surface area (Å²) in [5.41, 5.74) is 13.3. The fraction of sp³-hybridized carbons (Fsp3) is 0. The predicted molar refractivity (Wildman–Crippen MR) is 225 cm³/mol. The van der Waals surface area contributed by atoms with E-state index in [1.165, 1.54) is 11.1 Å². The Morgan fingerprint density at radius 2 is 0.709 bits per heavy atom. The van der Waals surface area contributed by atoms with Crippen LogP contribution in [0.25, 0.3) is 101 Å². The van der Waals surface area contributed by atoms with Crippen molar-refractivity contribution in [1.29, 1.82) is 0 Å². The third kappa shape index (κ3) is 6.16. The normalized spacial score (nSPS) is 11.3. The first-order valence-electron chi connectivity index (χ1n) is 18.4. The zero-order valence-electron chi connectivity index (χ0n) is 29.8. The summed E-state index contributed by atoms with van der Waals surface area (Å²) in [6, 6.07) is 69.3. The number of hydrogen-bond donors (Lipinski definition) is 0. The predicted octanol–water partition coefficient (Wildman–Crippen LogP) is 13.4. The van der Waals surface area contributed by atoms with Crippen LogP contribution in [0.4, 0.5) is 0 Å². The fourth-order valence-corrected chi connectivity index (χ4v) is 7.38. The molecule has 258 valence electrons. The van der Waals surface area contributed by atoms with E-state index in [1.54, 1.807) is 0 Å². The molecule has 0 fully saturated rings. The smallest absolute Gasteiger partial charge is 0.164 e. The Morgan fingerprint density at radius 1 is 0.291 bits per heavy atom. The summed E-state index contributed by atoms with van der Waals surface area (Å²) in [5.74, 6) is 1.81. The van der Waals surface area contributed by atoms with Gasteiger partial charge in [-0.2, -0.15) is 0 Å². The van der Waals surface area contributed by atoms with Crippen molar-refractivity contribution < 1.29 is 4.42 Å². The lowest BCUT2D eigenvalue weighted by Gasteiger charge is -2.11. The molecule has 0 saturated heterocycles. The van der Waals surface area contributed by atoms with Crippen molar-refractivity contribution in [2.45, 2.75) is 0 Å². The number of benzene rings is 8. The lowest BCUT2D eigenvalue weighted by molar-refractivity contribution is 0.670. The Hall–Kier alpha value is -7.43. The van der Waals surface area contributed by atoms with E-state index in [4.69, 9.17) is 19.4 Å². The first-order chi connectivity index (χ1) is 27.2. The SMILES string of the molecule is c1ccc(-c2ccc(-c3nc(-c4ccccc4)nc(-c4cccc5oc6c(-c7ccc(-c8ccccc8)cc7)cc(-c7ccccc7)cc6c45)n3)cc2)cc1. The molecule has 2 heterocycles. The number of hydrogen-bond acceptors (Lipinski definition) is 4. The second-order valence-electron chi connectivity index (χ2n) is 13.6. The standard InChI is InChI=1S/C51H33N3O/c1-5-14-34(15-6-1)37-24-28-39(29-25-37)44-32-42(36-18-9-3-10-19-36)33-45-47-43(22-13-23-46(47)55-48(44)45)51-53-49(40-20-11-4-12-21-40)52-50(54-51)41-30-26-38(27-31-41)35-16-7-2-8-17-35/h1-33H. The zero-order chi connectivity index (χ0) is 36.6. The zero-order valence-corrected chi connectivity index (χ0v) is 29.8. The summed E-state index contributed by atoms with van der Waals surface area (Å²) < 4.78 is 6.82. The second kappa shape index (κ2) is 13.8. The van der Waals surface area contributed by atoms with Gasteiger partial charge < -0.3 is 4.42 Å². The second-order valence-corrected chi connectivity index (χ2v) is 13.6. The molecule has 4 nitrogen and oxygen atoms in total. The van der Waals surface area contributed by atoms with Gasteiger partial charge in [-0.3, -0.25) is 0 Å². The largest absolute Gasteiger partial charge is 0.455 e. The Labute approximate surface area is 319 Å². The molecule has 10 aromatic rings. The van der Waals surface area contributed by atoms with E-state index in [0.717, 1.165) is 72.0 Å². The van der Waals surface area contributed by atoms with Crippen LogP contribution >= 0.6 is 0 Å². The molecule has 0 spiro atoms. The van der Waals surface area contributed by atoms with E-state index >= 15 is 0 Å². The van der Waals surface area contributed by atoms with Crippen molar-refractivity contribution in [2.75, 3.05) is 0 Å². The van der Waals surface area contributed by atoms with Crippen molar-refractivity contribution in [3.05, 3.63) is 200 Å². The molecule has 55 heavy (non-hydrogen) atoms. The van der Waals surface area contributed by atoms with Crippen LogP contribution in [0.1, 0.15) is 0 Å². The molecule has 0 saturated carbocycles. The van der Waals surface area contributed by atoms with E-state index in [-0.39, 0.29) is 0 Å². The molecule has 0 amide bonds. The molecule has 0 aliphatic heterocycles. The summed E-state index contributed by atoms with van der Waals surface area (Å²) in [5, 5.41) is 1.97. The average Bonchev–Trinajstić information content (AvgIpc) is 3.66. The fourth-order valence-electron chi connectivity index (χ4n) is 7.38. The van der Waals surface area contributed by atoms with Crippen LogP contribution in [0.15, 0.2) is 205 Å². The molecule has 10 rings (SSSR count). The summed E-state index contributed by atoms with van der Waals surface area (Å²) in [4.78, 5) is 15.3. The van der Waals surface area contributed by atoms with Crippen LogP contribution in [-0.4, -0.2) is 15.0 Å². The van der Waals surface area contributed by atoms with Gasteiger partial charge in [-0.15, -0.1) is 0 Å². The molecular weight excluding hydrogens is 671 g/mol. The number of nitrogens with zero attached hydrogens (tertiary/aromatic N) is 3. The highest BCUT2D eigenvalue weighted by Crippen LogP contribution is 2.43. The number of fused-ring (bicyclic) bond motifs is 3. The van der Waals surface area contributed by atoms with Crippen molar-refractivity contribution in [1.82, 2.24) is 15.0 Å². The molecule has 0 aliphatic carbocycles. The molecule has 0 radical (unpaired) electrons. The lowest BCUT2D eigenvalue weighted by Crippen LogP contribution is -2.00. The Morgan fingerprint density at radius 3 is 1.25 bits per heavy atom. The highest BCUT2D eigenvalue weighted by molar-refractivity contribution is 6.16. The van der Waals surface area contributed by atoms with Crippen molar-refractivity contribution in [2.24, 2.45) is 0 Å². The molecular formula is C51H33N3O. The third-order valence-electron chi connectivity index (χ3n) is 10.2. The van der Waals surface area contributed by atoms with Gasteiger partial charge >= 0.3 is 0 Å². The maximum Gasteiger partial charge on any atom is 0.164 e. The van der Waals surface area contributed by atoms with Crippen LogP contribution in [0.3, 0.4) is 0 Å². The number of furan rings is 1. The van der Waals surface area contributed by atoms with Gasteiger partial charge in [0.15, 0.2) is 17.5 Å². The van der Waals surface area contributed by atoms with Crippen LogP contribution in [0, 0.1) is 0 Å². The van der Waals surface area contributed by atoms with Gasteiger partial charge in [0.1, 0.15) is 11.2 Å². The van der Waals surface area contributed by atoms with Crippen molar-refractivity contribution in [3.8, 4) is 78.7 Å². The highest BCUT2D eigenvalue weighted by Gasteiger charge is 2.21. The van der Waals surface area contributed by atoms with E-state index in [2.05, 4.69) is 146 Å². The maximum absolute atomic E-state index is 6.82. The molecule has 0 unspecified atom stereocenters. The average molecular weight is 704 g/mol. The lowest BCUT2D eigenvalue weighted by atomic mass is 9.94. The Balaban J connectivity index is 1.17. The topological polar surface area (TPSA) is 51.8 Å². The monoisotopic (exact) mass is 703 g/mol. The van der Waals surface area contributed by atoms with Gasteiger partial charge in [-0.05, 0) is 57.1 Å². The van der Waals surface area contributed by atoms with Crippen LogP contribution < -0.4 is 0 Å². The molecule has 2 aromatic heterocycles. The highest BCUT2D eigenvalue weighted by atomic mass is 16.3. The molecule has 0 atom stereocenters. The first kappa shape index (κ1) is 32.2. The molecule has 8 aromatic carbocycles. The van der Waals surface area contributed by atoms with Crippen LogP contribution in [0.5, 0.6) is 0 Å². The minimum atomic E-state index is 0.586. The van der Waals surface area contributed by atoms with E-state index in [9.17, 15) is 0 Å². The van der Waals surface area contributed by atoms with Crippen LogP contribution in [-0.2, 0) is 0 Å². The number of aromatic nitrogens is 3. The van der Waals surface area contributed by atoms with Gasteiger partial charge in [0, 0.05) is 33.0 Å². The summed E-state index contributed by atoms with van der Waals surface area (Å²) in [7, 11) is 0. The van der Waals surface area contributed by atoms with E-state index < -0.39 is 0 Å². The third-order valence-corrected chi connectivity index (χ3v) is 10.2. The minimum absolute atomic E-state index is 0.586. The van der Waals surface area contributed by atoms with Gasteiger partial charge in [0.2, 0.25) is 0 Å². The van der Waals surface area contributed by atoms with Gasteiger partial charge in [0.05, 0.1) is 0 Å². The summed E-state index contributed by atoms with van der Waals surface area (Å²) in [6.45, 7) is 0. The van der Waals surface area contributed by atoms with Crippen molar-refractivity contribution in [3.63, 3.8) is 0 Å². The summed E-state index contributed by atoms with van der Waals surface area (Å²) >= 11 is 0. The van der Waals surface area contributed by atoms with Gasteiger partial charge in [0.25, 0.3) is 0 Å². The van der Waals surface area contributed by atoms with Gasteiger partial charge in [-0.1, -0.05) is 182 Å². The quantitative estimate of drug-likeness (QED) is 0.166. The summed E-state index contributed by atoms with van der Waals surface area (Å²) in [6.07, 6.45) is 0. The molecule has 0 aliphatic rings. The maximum atomic E-state index is 6.82. The number of rotatable bonds is 7. The van der Waals surface area contributed by atoms with E-state index in [0.29, 0.717) is 17.5 Å². The van der Waals surface area contributed by atoms with Crippen molar-refractivity contribution >= 4 is 21.9 Å². The van der Waals surface area contributed by atoms with Crippen LogP contribution in [0.2, 0.25) is 0 Å². The van der Waals surface area contributed by atoms with E-state index in [1.807, 2.05) is 54.6 Å².